The van der Waals surface area contributed by atoms with Crippen LogP contribution in [0.1, 0.15) is 50.4 Å². The summed E-state index contributed by atoms with van der Waals surface area (Å²) in [7, 11) is 0. The van der Waals surface area contributed by atoms with E-state index in [0.29, 0.717) is 6.54 Å². The Kier molecular flexibility index (Phi) is 6.25. The Hall–Kier alpha value is -1.65. The number of nitrogens with one attached hydrogen (secondary N) is 2. The second-order valence-corrected chi connectivity index (χ2v) is 4.61. The average molecular weight is 267 g/mol. The molecule has 0 fully saturated rings. The average Bonchev–Trinajstić information content (AvgIpc) is 2.37. The molecule has 0 radical (unpaired) electrons. The van der Waals surface area contributed by atoms with Crippen LogP contribution in [0.2, 0.25) is 0 Å². The van der Waals surface area contributed by atoms with E-state index < -0.39 is 5.82 Å². The summed E-state index contributed by atoms with van der Waals surface area (Å²) in [5.41, 5.74) is 0.0385. The number of aromatic nitrogens is 1. The van der Waals surface area contributed by atoms with Crippen molar-refractivity contribution in [3.63, 3.8) is 0 Å². The van der Waals surface area contributed by atoms with Crippen molar-refractivity contribution in [2.45, 2.75) is 46.1 Å². The Morgan fingerprint density at radius 2 is 2.16 bits per heavy atom. The molecule has 1 rings (SSSR count). The van der Waals surface area contributed by atoms with Crippen LogP contribution >= 0.6 is 0 Å². The first-order valence-corrected chi connectivity index (χ1v) is 6.79. The number of hydrogen-bond donors (Lipinski definition) is 2. The summed E-state index contributed by atoms with van der Waals surface area (Å²) in [6.45, 7) is 6.56. The molecule has 1 aromatic heterocycles. The summed E-state index contributed by atoms with van der Waals surface area (Å²) >= 11 is 0. The zero-order valence-corrected chi connectivity index (χ0v) is 11.8. The maximum atomic E-state index is 14.1. The van der Waals surface area contributed by atoms with Gasteiger partial charge < -0.3 is 10.6 Å². The van der Waals surface area contributed by atoms with Crippen molar-refractivity contribution in [3.8, 4) is 0 Å². The Morgan fingerprint density at radius 3 is 2.79 bits per heavy atom. The fraction of sp³-hybridized carbons (Fsp3) is 0.571. The Labute approximate surface area is 113 Å². The number of anilines is 1. The normalized spacial score (nSPS) is 12.0. The highest BCUT2D eigenvalue weighted by atomic mass is 19.1. The smallest absolute Gasteiger partial charge is 0.254 e. The third-order valence-electron chi connectivity index (χ3n) is 2.78. The molecule has 4 nitrogen and oxygen atoms in total. The summed E-state index contributed by atoms with van der Waals surface area (Å²) in [5, 5.41) is 5.66. The third kappa shape index (κ3) is 4.50. The van der Waals surface area contributed by atoms with Gasteiger partial charge in [0.15, 0.2) is 11.6 Å². The molecule has 0 bridgehead atoms. The van der Waals surface area contributed by atoms with E-state index in [9.17, 15) is 9.18 Å². The molecule has 0 saturated heterocycles. The molecule has 0 aliphatic carbocycles. The number of pyridine rings is 1. The lowest BCUT2D eigenvalue weighted by Gasteiger charge is -2.14. The largest absolute Gasteiger partial charge is 0.368 e. The Bertz CT molecular complexity index is 423. The number of carbonyl (C=O) groups is 1. The number of carbonyl (C=O) groups excluding carboxylic acids is 1. The van der Waals surface area contributed by atoms with Crippen LogP contribution in [-0.4, -0.2) is 23.5 Å². The van der Waals surface area contributed by atoms with Crippen LogP contribution in [0.5, 0.6) is 0 Å². The first-order chi connectivity index (χ1) is 9.10. The van der Waals surface area contributed by atoms with E-state index in [-0.39, 0.29) is 23.3 Å². The molecule has 0 aliphatic heterocycles. The minimum atomic E-state index is -0.586. The summed E-state index contributed by atoms with van der Waals surface area (Å²) in [6.07, 6.45) is 4.16. The van der Waals surface area contributed by atoms with Crippen LogP contribution in [0.3, 0.4) is 0 Å². The van der Waals surface area contributed by atoms with Gasteiger partial charge in [-0.05, 0) is 25.8 Å². The molecule has 1 unspecified atom stereocenters. The zero-order chi connectivity index (χ0) is 14.3. The van der Waals surface area contributed by atoms with Crippen LogP contribution < -0.4 is 10.6 Å². The quantitative estimate of drug-likeness (QED) is 0.798. The van der Waals surface area contributed by atoms with Crippen molar-refractivity contribution in [3.05, 3.63) is 23.6 Å². The first kappa shape index (κ1) is 15.4. The Morgan fingerprint density at radius 1 is 1.42 bits per heavy atom. The van der Waals surface area contributed by atoms with E-state index in [2.05, 4.69) is 15.6 Å². The Balaban J connectivity index is 2.79. The molecule has 0 saturated carbocycles. The van der Waals surface area contributed by atoms with Gasteiger partial charge in [-0.3, -0.25) is 4.79 Å². The van der Waals surface area contributed by atoms with Crippen LogP contribution in [-0.2, 0) is 0 Å². The highest BCUT2D eigenvalue weighted by Gasteiger charge is 2.17. The van der Waals surface area contributed by atoms with E-state index in [1.807, 2.05) is 20.8 Å². The van der Waals surface area contributed by atoms with Gasteiger partial charge >= 0.3 is 0 Å². The molecule has 1 atom stereocenters. The fourth-order valence-electron chi connectivity index (χ4n) is 1.79. The summed E-state index contributed by atoms with van der Waals surface area (Å²) in [4.78, 5) is 15.9. The van der Waals surface area contributed by atoms with Gasteiger partial charge in [-0.1, -0.05) is 20.3 Å². The fourth-order valence-corrected chi connectivity index (χ4v) is 1.79. The van der Waals surface area contributed by atoms with Crippen molar-refractivity contribution in [2.24, 2.45) is 0 Å². The number of nitrogens with zero attached hydrogens (tertiary/aromatic N) is 1. The molecule has 0 spiro atoms. The van der Waals surface area contributed by atoms with Gasteiger partial charge in [0.25, 0.3) is 5.91 Å². The molecule has 5 heteroatoms. The first-order valence-electron chi connectivity index (χ1n) is 6.79. The lowest BCUT2D eigenvalue weighted by molar-refractivity contribution is 0.0934. The highest BCUT2D eigenvalue weighted by molar-refractivity contribution is 5.95. The maximum Gasteiger partial charge on any atom is 0.254 e. The monoisotopic (exact) mass is 267 g/mol. The SMILES string of the molecule is CCCNc1nccc(C(=O)NC(C)CCC)c1F. The standard InChI is InChI=1S/C14H22FN3O/c1-4-6-10(3)18-14(19)11-7-9-17-13(12(11)15)16-8-5-2/h7,9-10H,4-6,8H2,1-3H3,(H,16,17)(H,18,19). The molecule has 2 N–H and O–H groups in total. The van der Waals surface area contributed by atoms with Gasteiger partial charge in [0, 0.05) is 18.8 Å². The van der Waals surface area contributed by atoms with Crippen molar-refractivity contribution < 1.29 is 9.18 Å². The predicted molar refractivity (Wildman–Crippen MR) is 74.8 cm³/mol. The third-order valence-corrected chi connectivity index (χ3v) is 2.78. The molecule has 1 heterocycles. The van der Waals surface area contributed by atoms with Gasteiger partial charge in [0.05, 0.1) is 5.56 Å². The molecular weight excluding hydrogens is 245 g/mol. The van der Waals surface area contributed by atoms with Crippen LogP contribution in [0.15, 0.2) is 12.3 Å². The highest BCUT2D eigenvalue weighted by Crippen LogP contribution is 2.15. The second-order valence-electron chi connectivity index (χ2n) is 4.61. The zero-order valence-electron chi connectivity index (χ0n) is 11.8. The lowest BCUT2D eigenvalue weighted by Crippen LogP contribution is -2.33. The van der Waals surface area contributed by atoms with Gasteiger partial charge in [-0.2, -0.15) is 0 Å². The predicted octanol–water partition coefficient (Wildman–Crippen LogP) is 2.96. The van der Waals surface area contributed by atoms with Crippen LogP contribution in [0.4, 0.5) is 10.2 Å². The van der Waals surface area contributed by atoms with Crippen molar-refractivity contribution in [1.29, 1.82) is 0 Å². The number of rotatable bonds is 7. The van der Waals surface area contributed by atoms with Gasteiger partial charge in [0.1, 0.15) is 0 Å². The van der Waals surface area contributed by atoms with Crippen molar-refractivity contribution in [1.82, 2.24) is 10.3 Å². The van der Waals surface area contributed by atoms with Crippen LogP contribution in [0.25, 0.3) is 0 Å². The minimum absolute atomic E-state index is 0.0385. The molecule has 1 amide bonds. The minimum Gasteiger partial charge on any atom is -0.368 e. The molecule has 1 aromatic rings. The van der Waals surface area contributed by atoms with E-state index in [1.165, 1.54) is 12.3 Å². The van der Waals surface area contributed by atoms with Crippen LogP contribution in [0, 0.1) is 5.82 Å². The molecule has 106 valence electrons. The summed E-state index contributed by atoms with van der Waals surface area (Å²) in [6, 6.07) is 1.44. The van der Waals surface area contributed by atoms with Gasteiger partial charge in [-0.15, -0.1) is 0 Å². The molecule has 0 aromatic carbocycles. The van der Waals surface area contributed by atoms with Gasteiger partial charge in [0.2, 0.25) is 0 Å². The van der Waals surface area contributed by atoms with E-state index in [1.54, 1.807) is 0 Å². The van der Waals surface area contributed by atoms with E-state index in [0.717, 1.165) is 19.3 Å². The molecular formula is C14H22FN3O. The number of hydrogen-bond acceptors (Lipinski definition) is 3. The maximum absolute atomic E-state index is 14.1. The number of amides is 1. The molecule has 19 heavy (non-hydrogen) atoms. The second kappa shape index (κ2) is 7.71. The van der Waals surface area contributed by atoms with Crippen molar-refractivity contribution in [2.75, 3.05) is 11.9 Å². The van der Waals surface area contributed by atoms with Gasteiger partial charge in [-0.25, -0.2) is 9.37 Å². The summed E-state index contributed by atoms with van der Waals surface area (Å²) < 4.78 is 14.1. The van der Waals surface area contributed by atoms with Crippen molar-refractivity contribution >= 4 is 11.7 Å². The van der Waals surface area contributed by atoms with E-state index in [4.69, 9.17) is 0 Å². The number of halogens is 1. The topological polar surface area (TPSA) is 54.0 Å². The lowest BCUT2D eigenvalue weighted by atomic mass is 10.1. The summed E-state index contributed by atoms with van der Waals surface area (Å²) in [5.74, 6) is -0.838. The van der Waals surface area contributed by atoms with E-state index >= 15 is 0 Å². The molecule has 0 aliphatic rings.